The molecule has 1 nitrogen and oxygen atoms in total. The van der Waals surface area contributed by atoms with Crippen LogP contribution in [0, 0.1) is 5.92 Å². The van der Waals surface area contributed by atoms with Crippen molar-refractivity contribution in [1.29, 1.82) is 0 Å². The molecule has 2 unspecified atom stereocenters. The molecule has 0 saturated heterocycles. The number of ketones is 1. The lowest BCUT2D eigenvalue weighted by atomic mass is 9.62. The third kappa shape index (κ3) is 2.08. The van der Waals surface area contributed by atoms with E-state index in [0.717, 1.165) is 18.8 Å². The molecule has 1 spiro atoms. The average Bonchev–Trinajstić information content (AvgIpc) is 3.16. The summed E-state index contributed by atoms with van der Waals surface area (Å²) < 4.78 is 0. The topological polar surface area (TPSA) is 17.1 Å². The molecule has 0 aromatic heterocycles. The highest BCUT2D eigenvalue weighted by molar-refractivity contribution is 5.85. The number of Topliss-reactive ketones (excluding diaryl/α,β-unsaturated/α-hetero) is 1. The summed E-state index contributed by atoms with van der Waals surface area (Å²) in [6.07, 6.45) is 14.4. The molecule has 5 rings (SSSR count). The van der Waals surface area contributed by atoms with Crippen LogP contribution in [0.5, 0.6) is 0 Å². The van der Waals surface area contributed by atoms with E-state index in [1.54, 1.807) is 5.57 Å². The van der Waals surface area contributed by atoms with Gasteiger partial charge in [-0.15, -0.1) is 0 Å². The van der Waals surface area contributed by atoms with Gasteiger partial charge in [0.15, 0.2) is 0 Å². The lowest BCUT2D eigenvalue weighted by molar-refractivity contribution is -0.120. The second-order valence-corrected chi connectivity index (χ2v) is 8.48. The lowest BCUT2D eigenvalue weighted by Gasteiger charge is -2.41. The van der Waals surface area contributed by atoms with Crippen LogP contribution in [0.2, 0.25) is 0 Å². The number of carbonyl (C=O) groups excluding carboxylic acids is 1. The fraction of sp³-hybridized carbons (Fsp3) is 0.591. The minimum Gasteiger partial charge on any atom is -0.299 e. The van der Waals surface area contributed by atoms with Crippen molar-refractivity contribution in [2.75, 3.05) is 0 Å². The highest BCUT2D eigenvalue weighted by Gasteiger charge is 2.51. The van der Waals surface area contributed by atoms with Crippen molar-refractivity contribution in [1.82, 2.24) is 0 Å². The van der Waals surface area contributed by atoms with Crippen molar-refractivity contribution in [3.8, 4) is 0 Å². The Hall–Kier alpha value is -1.37. The normalized spacial score (nSPS) is 33.1. The van der Waals surface area contributed by atoms with Crippen molar-refractivity contribution >= 4 is 5.78 Å². The van der Waals surface area contributed by atoms with Crippen LogP contribution in [-0.2, 0) is 16.6 Å². The van der Waals surface area contributed by atoms with Crippen LogP contribution in [-0.4, -0.2) is 5.78 Å². The second kappa shape index (κ2) is 5.06. The highest BCUT2D eigenvalue weighted by atomic mass is 16.1. The molecule has 0 N–H and O–H groups in total. The van der Waals surface area contributed by atoms with Gasteiger partial charge in [0.1, 0.15) is 5.78 Å². The molecule has 4 aliphatic carbocycles. The average molecular weight is 306 g/mol. The molecule has 120 valence electrons. The van der Waals surface area contributed by atoms with Crippen molar-refractivity contribution in [3.63, 3.8) is 0 Å². The van der Waals surface area contributed by atoms with Gasteiger partial charge in [-0.1, -0.05) is 49.1 Å². The monoisotopic (exact) mass is 306 g/mol. The molecule has 0 amide bonds. The van der Waals surface area contributed by atoms with E-state index in [1.807, 2.05) is 0 Å². The smallest absolute Gasteiger partial charge is 0.138 e. The number of allylic oxidation sites excluding steroid dienone is 2. The van der Waals surface area contributed by atoms with Gasteiger partial charge >= 0.3 is 0 Å². The van der Waals surface area contributed by atoms with Crippen molar-refractivity contribution in [3.05, 3.63) is 46.5 Å². The standard InChI is InChI=1S/C22H26O/c23-20-12-18-11-17(16-4-2-1-3-5-16)7-9-21(18)22(14-20)13-15-6-8-19(22)10-15/h6-7,9,11,16,19H,1-5,8,10,12-14H2. The predicted molar refractivity (Wildman–Crippen MR) is 92.7 cm³/mol. The Bertz CT molecular complexity index is 692. The molecule has 2 fully saturated rings. The summed E-state index contributed by atoms with van der Waals surface area (Å²) in [5.74, 6) is 1.91. The van der Waals surface area contributed by atoms with E-state index in [1.165, 1.54) is 61.6 Å². The molecular weight excluding hydrogens is 280 g/mol. The van der Waals surface area contributed by atoms with E-state index in [9.17, 15) is 4.79 Å². The first-order chi connectivity index (χ1) is 11.2. The highest BCUT2D eigenvalue weighted by Crippen LogP contribution is 2.58. The van der Waals surface area contributed by atoms with Crippen LogP contribution in [0.15, 0.2) is 29.8 Å². The Morgan fingerprint density at radius 3 is 2.65 bits per heavy atom. The molecule has 2 atom stereocenters. The van der Waals surface area contributed by atoms with Gasteiger partial charge in [-0.05, 0) is 60.6 Å². The molecule has 0 aliphatic heterocycles. The van der Waals surface area contributed by atoms with Crippen molar-refractivity contribution in [2.24, 2.45) is 5.92 Å². The Labute approximate surface area is 139 Å². The second-order valence-electron chi connectivity index (χ2n) is 8.48. The van der Waals surface area contributed by atoms with Crippen LogP contribution in [0.4, 0.5) is 0 Å². The van der Waals surface area contributed by atoms with Gasteiger partial charge in [0, 0.05) is 18.3 Å². The fourth-order valence-corrected chi connectivity index (χ4v) is 6.09. The number of benzene rings is 1. The molecule has 0 heterocycles. The van der Waals surface area contributed by atoms with E-state index in [-0.39, 0.29) is 5.41 Å². The predicted octanol–water partition coefficient (Wildman–Crippen LogP) is 5.23. The molecule has 23 heavy (non-hydrogen) atoms. The van der Waals surface area contributed by atoms with Crippen LogP contribution in [0.25, 0.3) is 0 Å². The van der Waals surface area contributed by atoms with Gasteiger partial charge in [0.25, 0.3) is 0 Å². The fourth-order valence-electron chi connectivity index (χ4n) is 6.09. The summed E-state index contributed by atoms with van der Waals surface area (Å²) >= 11 is 0. The van der Waals surface area contributed by atoms with Crippen LogP contribution in [0.1, 0.15) is 80.4 Å². The maximum Gasteiger partial charge on any atom is 0.138 e. The first kappa shape index (κ1) is 14.0. The maximum absolute atomic E-state index is 12.5. The zero-order valence-corrected chi connectivity index (χ0v) is 13.9. The van der Waals surface area contributed by atoms with Crippen LogP contribution < -0.4 is 0 Å². The molecule has 1 aromatic rings. The molecular formula is C22H26O. The maximum atomic E-state index is 12.5. The zero-order chi connectivity index (χ0) is 15.4. The summed E-state index contributed by atoms with van der Waals surface area (Å²) in [5.41, 5.74) is 6.20. The van der Waals surface area contributed by atoms with Gasteiger partial charge in [-0.2, -0.15) is 0 Å². The first-order valence-electron chi connectivity index (χ1n) is 9.57. The van der Waals surface area contributed by atoms with Gasteiger partial charge in [0.05, 0.1) is 0 Å². The molecule has 1 heteroatoms. The lowest BCUT2D eigenvalue weighted by Crippen LogP contribution is -2.39. The van der Waals surface area contributed by atoms with Crippen molar-refractivity contribution < 1.29 is 4.79 Å². The Morgan fingerprint density at radius 2 is 1.91 bits per heavy atom. The number of rotatable bonds is 1. The molecule has 0 radical (unpaired) electrons. The quantitative estimate of drug-likeness (QED) is 0.649. The van der Waals surface area contributed by atoms with Crippen LogP contribution >= 0.6 is 0 Å². The number of hydrogen-bond donors (Lipinski definition) is 0. The molecule has 1 aromatic carbocycles. The SMILES string of the molecule is O=C1Cc2cc(C3CCCCC3)ccc2C2(C1)CC1=CCC2C1. The molecule has 2 bridgehead atoms. The van der Waals surface area contributed by atoms with Gasteiger partial charge in [-0.3, -0.25) is 4.79 Å². The van der Waals surface area contributed by atoms with E-state index in [0.29, 0.717) is 18.1 Å². The van der Waals surface area contributed by atoms with E-state index >= 15 is 0 Å². The minimum atomic E-state index is 0.167. The van der Waals surface area contributed by atoms with Gasteiger partial charge < -0.3 is 0 Å². The largest absolute Gasteiger partial charge is 0.299 e. The number of carbonyl (C=O) groups is 1. The van der Waals surface area contributed by atoms with Crippen molar-refractivity contribution in [2.45, 2.75) is 75.5 Å². The summed E-state index contributed by atoms with van der Waals surface area (Å²) in [6.45, 7) is 0. The Balaban J connectivity index is 1.56. The number of fused-ring (bicyclic) bond motifs is 5. The Kier molecular flexibility index (Phi) is 3.08. The number of hydrogen-bond acceptors (Lipinski definition) is 1. The summed E-state index contributed by atoms with van der Waals surface area (Å²) in [5, 5.41) is 0. The third-order valence-electron chi connectivity index (χ3n) is 7.17. The van der Waals surface area contributed by atoms with Gasteiger partial charge in [-0.25, -0.2) is 0 Å². The summed E-state index contributed by atoms with van der Waals surface area (Å²) in [6, 6.07) is 7.25. The van der Waals surface area contributed by atoms with E-state index in [4.69, 9.17) is 0 Å². The molecule has 4 aliphatic rings. The van der Waals surface area contributed by atoms with Gasteiger partial charge in [0.2, 0.25) is 0 Å². The van der Waals surface area contributed by atoms with Crippen LogP contribution in [0.3, 0.4) is 0 Å². The van der Waals surface area contributed by atoms with E-state index in [2.05, 4.69) is 24.3 Å². The third-order valence-corrected chi connectivity index (χ3v) is 7.17. The minimum absolute atomic E-state index is 0.167. The van der Waals surface area contributed by atoms with E-state index < -0.39 is 0 Å². The zero-order valence-electron chi connectivity index (χ0n) is 13.9. The Morgan fingerprint density at radius 1 is 1.04 bits per heavy atom. The molecule has 2 saturated carbocycles. The summed E-state index contributed by atoms with van der Waals surface area (Å²) in [4.78, 5) is 12.5. The first-order valence-corrected chi connectivity index (χ1v) is 9.57. The summed E-state index contributed by atoms with van der Waals surface area (Å²) in [7, 11) is 0.